The first-order chi connectivity index (χ1) is 8.25. The van der Waals surface area contributed by atoms with Crippen LogP contribution in [0.3, 0.4) is 0 Å². The van der Waals surface area contributed by atoms with E-state index in [1.807, 2.05) is 6.92 Å². The van der Waals surface area contributed by atoms with Crippen molar-refractivity contribution in [2.75, 3.05) is 26.2 Å². The highest BCUT2D eigenvalue weighted by atomic mass is 16.1. The second-order valence-electron chi connectivity index (χ2n) is 4.25. The molecular weight excluding hydrogens is 216 g/mol. The van der Waals surface area contributed by atoms with Crippen molar-refractivity contribution < 1.29 is 4.79 Å². The van der Waals surface area contributed by atoms with Crippen molar-refractivity contribution in [3.63, 3.8) is 0 Å². The van der Waals surface area contributed by atoms with Crippen molar-refractivity contribution in [1.29, 1.82) is 0 Å². The Hall–Kier alpha value is -1.62. The van der Waals surface area contributed by atoms with Gasteiger partial charge >= 0.3 is 0 Å². The smallest absolute Gasteiger partial charge is 0.271 e. The van der Waals surface area contributed by atoms with Crippen molar-refractivity contribution in [3.05, 3.63) is 29.6 Å². The molecule has 17 heavy (non-hydrogen) atoms. The number of amides is 1. The molecule has 5 heteroatoms. The lowest BCUT2D eigenvalue weighted by Crippen LogP contribution is -2.36. The van der Waals surface area contributed by atoms with Crippen molar-refractivity contribution in [3.8, 4) is 0 Å². The van der Waals surface area contributed by atoms with Crippen LogP contribution in [0.15, 0.2) is 18.2 Å². The summed E-state index contributed by atoms with van der Waals surface area (Å²) in [5.41, 5.74) is 1.36. The van der Waals surface area contributed by atoms with Gasteiger partial charge < -0.3 is 5.32 Å². The van der Waals surface area contributed by atoms with Crippen LogP contribution in [-0.2, 0) is 0 Å². The van der Waals surface area contributed by atoms with E-state index in [-0.39, 0.29) is 5.91 Å². The van der Waals surface area contributed by atoms with Crippen LogP contribution < -0.4 is 5.32 Å². The lowest BCUT2D eigenvalue weighted by molar-refractivity contribution is 0.0944. The topological polar surface area (TPSA) is 61.0 Å². The molecule has 0 radical (unpaired) electrons. The third-order valence-electron chi connectivity index (χ3n) is 2.79. The van der Waals surface area contributed by atoms with Gasteiger partial charge in [-0.1, -0.05) is 12.2 Å². The van der Waals surface area contributed by atoms with Crippen LogP contribution in [0.2, 0.25) is 0 Å². The predicted octanol–water partition coefficient (Wildman–Crippen LogP) is 0.710. The van der Waals surface area contributed by atoms with E-state index in [2.05, 4.69) is 32.6 Å². The predicted molar refractivity (Wildman–Crippen MR) is 65.9 cm³/mol. The van der Waals surface area contributed by atoms with Crippen molar-refractivity contribution >= 4 is 5.91 Å². The van der Waals surface area contributed by atoms with Crippen LogP contribution in [-0.4, -0.2) is 47.2 Å². The Morgan fingerprint density at radius 3 is 3.12 bits per heavy atom. The number of carbonyl (C=O) groups excluding carboxylic acids is 1. The van der Waals surface area contributed by atoms with E-state index in [4.69, 9.17) is 0 Å². The molecule has 2 rings (SSSR count). The molecule has 0 spiro atoms. The van der Waals surface area contributed by atoms with Crippen LogP contribution in [0.1, 0.15) is 22.6 Å². The third kappa shape index (κ3) is 3.42. The van der Waals surface area contributed by atoms with E-state index in [9.17, 15) is 4.79 Å². The fraction of sp³-hybridized carbons (Fsp3) is 0.500. The van der Waals surface area contributed by atoms with Gasteiger partial charge in [-0.15, -0.1) is 0 Å². The highest BCUT2D eigenvalue weighted by Crippen LogP contribution is 2.00. The molecule has 5 nitrogen and oxygen atoms in total. The first-order valence-electron chi connectivity index (χ1n) is 5.93. The SMILES string of the molecule is Cc1cc(C(=O)NCCN2CC=CCC2)n[nH]1. The summed E-state index contributed by atoms with van der Waals surface area (Å²) < 4.78 is 0. The molecule has 1 aliphatic rings. The van der Waals surface area contributed by atoms with Crippen LogP contribution in [0, 0.1) is 6.92 Å². The molecule has 0 saturated heterocycles. The highest BCUT2D eigenvalue weighted by molar-refractivity contribution is 5.92. The van der Waals surface area contributed by atoms with Gasteiger partial charge in [0.15, 0.2) is 0 Å². The molecular formula is C12H18N4O. The maximum atomic E-state index is 11.7. The van der Waals surface area contributed by atoms with E-state index in [1.165, 1.54) is 0 Å². The Labute approximate surface area is 101 Å². The third-order valence-corrected chi connectivity index (χ3v) is 2.79. The molecule has 0 unspecified atom stereocenters. The van der Waals surface area contributed by atoms with Gasteiger partial charge in [0.25, 0.3) is 5.91 Å². The molecule has 1 aromatic rings. The molecule has 1 aromatic heterocycles. The highest BCUT2D eigenvalue weighted by Gasteiger charge is 2.10. The number of H-pyrrole nitrogens is 1. The van der Waals surface area contributed by atoms with Crippen LogP contribution in [0.25, 0.3) is 0 Å². The molecule has 2 heterocycles. The second-order valence-corrected chi connectivity index (χ2v) is 4.25. The molecule has 1 amide bonds. The van der Waals surface area contributed by atoms with Crippen LogP contribution >= 0.6 is 0 Å². The summed E-state index contributed by atoms with van der Waals surface area (Å²) in [4.78, 5) is 14.0. The minimum Gasteiger partial charge on any atom is -0.349 e. The first kappa shape index (κ1) is 11.9. The summed E-state index contributed by atoms with van der Waals surface area (Å²) in [7, 11) is 0. The minimum atomic E-state index is -0.109. The quantitative estimate of drug-likeness (QED) is 0.754. The van der Waals surface area contributed by atoms with Gasteiger partial charge in [-0.05, 0) is 19.4 Å². The summed E-state index contributed by atoms with van der Waals surface area (Å²) in [6, 6.07) is 1.75. The average Bonchev–Trinajstić information content (AvgIpc) is 2.77. The summed E-state index contributed by atoms with van der Waals surface area (Å²) in [6.07, 6.45) is 5.47. The first-order valence-corrected chi connectivity index (χ1v) is 5.93. The number of hydrogen-bond acceptors (Lipinski definition) is 3. The number of nitrogens with one attached hydrogen (secondary N) is 2. The van der Waals surface area contributed by atoms with E-state index in [1.54, 1.807) is 6.07 Å². The van der Waals surface area contributed by atoms with E-state index >= 15 is 0 Å². The lowest BCUT2D eigenvalue weighted by Gasteiger charge is -2.22. The van der Waals surface area contributed by atoms with Crippen LogP contribution in [0.4, 0.5) is 0 Å². The Bertz CT molecular complexity index is 410. The second kappa shape index (κ2) is 5.63. The number of aromatic nitrogens is 2. The van der Waals surface area contributed by atoms with Crippen molar-refractivity contribution in [2.24, 2.45) is 0 Å². The van der Waals surface area contributed by atoms with Gasteiger partial charge in [0.2, 0.25) is 0 Å². The number of carbonyl (C=O) groups is 1. The summed E-state index contributed by atoms with van der Waals surface area (Å²) >= 11 is 0. The van der Waals surface area contributed by atoms with E-state index in [0.29, 0.717) is 12.2 Å². The average molecular weight is 234 g/mol. The van der Waals surface area contributed by atoms with Gasteiger partial charge in [-0.2, -0.15) is 5.10 Å². The van der Waals surface area contributed by atoms with Crippen molar-refractivity contribution in [2.45, 2.75) is 13.3 Å². The number of rotatable bonds is 4. The Morgan fingerprint density at radius 2 is 2.47 bits per heavy atom. The monoisotopic (exact) mass is 234 g/mol. The lowest BCUT2D eigenvalue weighted by atomic mass is 10.2. The summed E-state index contributed by atoms with van der Waals surface area (Å²) in [5, 5.41) is 9.55. The van der Waals surface area contributed by atoms with Crippen molar-refractivity contribution in [1.82, 2.24) is 20.4 Å². The number of nitrogens with zero attached hydrogens (tertiary/aromatic N) is 2. The maximum Gasteiger partial charge on any atom is 0.271 e. The zero-order valence-corrected chi connectivity index (χ0v) is 10.1. The fourth-order valence-electron chi connectivity index (χ4n) is 1.85. The zero-order valence-electron chi connectivity index (χ0n) is 10.1. The standard InChI is InChI=1S/C12H18N4O/c1-10-9-11(15-14-10)12(17)13-5-8-16-6-3-2-4-7-16/h2-3,9H,4-8H2,1H3,(H,13,17)(H,14,15). The van der Waals surface area contributed by atoms with Gasteiger partial charge in [-0.3, -0.25) is 14.8 Å². The number of aromatic amines is 1. The largest absolute Gasteiger partial charge is 0.349 e. The molecule has 0 fully saturated rings. The van der Waals surface area contributed by atoms with E-state index in [0.717, 1.165) is 31.7 Å². The number of aryl methyl sites for hydroxylation is 1. The van der Waals surface area contributed by atoms with Crippen LogP contribution in [0.5, 0.6) is 0 Å². The molecule has 92 valence electrons. The molecule has 0 saturated carbocycles. The van der Waals surface area contributed by atoms with Gasteiger partial charge in [0, 0.05) is 31.9 Å². The molecule has 0 aromatic carbocycles. The molecule has 2 N–H and O–H groups in total. The van der Waals surface area contributed by atoms with Gasteiger partial charge in [0.05, 0.1) is 0 Å². The zero-order chi connectivity index (χ0) is 12.1. The molecule has 0 atom stereocenters. The Balaban J connectivity index is 1.71. The molecule has 0 bridgehead atoms. The Morgan fingerprint density at radius 1 is 1.59 bits per heavy atom. The number of hydrogen-bond donors (Lipinski definition) is 2. The van der Waals surface area contributed by atoms with Gasteiger partial charge in [-0.25, -0.2) is 0 Å². The normalized spacial score (nSPS) is 16.1. The fourth-order valence-corrected chi connectivity index (χ4v) is 1.85. The summed E-state index contributed by atoms with van der Waals surface area (Å²) in [6.45, 7) is 5.49. The minimum absolute atomic E-state index is 0.109. The maximum absolute atomic E-state index is 11.7. The van der Waals surface area contributed by atoms with Gasteiger partial charge in [0.1, 0.15) is 5.69 Å². The van der Waals surface area contributed by atoms with E-state index < -0.39 is 0 Å². The Kier molecular flexibility index (Phi) is 3.93. The molecule has 0 aliphatic carbocycles. The summed E-state index contributed by atoms with van der Waals surface area (Å²) in [5.74, 6) is -0.109. The molecule has 1 aliphatic heterocycles.